The smallest absolute Gasteiger partial charge is 0.0551 e. The third kappa shape index (κ3) is 3.37. The van der Waals surface area contributed by atoms with E-state index in [1.807, 2.05) is 0 Å². The Kier molecular flexibility index (Phi) is 5.00. The summed E-state index contributed by atoms with van der Waals surface area (Å²) >= 11 is 0. The van der Waals surface area contributed by atoms with Crippen molar-refractivity contribution in [2.75, 3.05) is 13.2 Å². The highest BCUT2D eigenvalue weighted by atomic mass is 16.5. The summed E-state index contributed by atoms with van der Waals surface area (Å²) in [6.07, 6.45) is 2.74. The van der Waals surface area contributed by atoms with Gasteiger partial charge in [-0.1, -0.05) is 25.1 Å². The molecule has 1 aromatic carbocycles. The number of nitrogens with one attached hydrogen (secondary N) is 1. The lowest BCUT2D eigenvalue weighted by Crippen LogP contribution is -2.30. The number of hydrogen-bond donors (Lipinski definition) is 1. The van der Waals surface area contributed by atoms with E-state index in [1.165, 1.54) is 23.1 Å². The molecule has 0 amide bonds. The second-order valence-electron chi connectivity index (χ2n) is 5.86. The van der Waals surface area contributed by atoms with Gasteiger partial charge < -0.3 is 10.1 Å². The van der Waals surface area contributed by atoms with E-state index in [-0.39, 0.29) is 0 Å². The Morgan fingerprint density at radius 2 is 2.16 bits per heavy atom. The topological polar surface area (TPSA) is 21.3 Å². The molecule has 1 fully saturated rings. The molecular weight excluding hydrogens is 234 g/mol. The third-order valence-electron chi connectivity index (χ3n) is 4.30. The predicted molar refractivity (Wildman–Crippen MR) is 80.5 cm³/mol. The molecule has 2 rings (SSSR count). The molecule has 3 unspecified atom stereocenters. The van der Waals surface area contributed by atoms with Crippen molar-refractivity contribution < 1.29 is 4.74 Å². The number of benzene rings is 1. The summed E-state index contributed by atoms with van der Waals surface area (Å²) in [7, 11) is 0. The van der Waals surface area contributed by atoms with Crippen LogP contribution in [-0.2, 0) is 4.74 Å². The van der Waals surface area contributed by atoms with Crippen LogP contribution in [0.25, 0.3) is 0 Å². The monoisotopic (exact) mass is 261 g/mol. The average molecular weight is 261 g/mol. The number of rotatable bonds is 5. The maximum atomic E-state index is 5.78. The van der Waals surface area contributed by atoms with Crippen molar-refractivity contribution >= 4 is 0 Å². The van der Waals surface area contributed by atoms with Crippen LogP contribution >= 0.6 is 0 Å². The lowest BCUT2D eigenvalue weighted by atomic mass is 9.87. The molecule has 1 heterocycles. The lowest BCUT2D eigenvalue weighted by Gasteiger charge is -2.26. The first kappa shape index (κ1) is 14.5. The maximum Gasteiger partial charge on any atom is 0.0551 e. The van der Waals surface area contributed by atoms with Gasteiger partial charge in [-0.2, -0.15) is 0 Å². The van der Waals surface area contributed by atoms with Gasteiger partial charge >= 0.3 is 0 Å². The van der Waals surface area contributed by atoms with Crippen molar-refractivity contribution in [3.63, 3.8) is 0 Å². The minimum Gasteiger partial charge on any atom is -0.378 e. The first-order valence-corrected chi connectivity index (χ1v) is 7.54. The molecule has 0 aromatic heterocycles. The summed E-state index contributed by atoms with van der Waals surface area (Å²) < 4.78 is 5.78. The van der Waals surface area contributed by atoms with Gasteiger partial charge in [-0.15, -0.1) is 0 Å². The highest BCUT2D eigenvalue weighted by Crippen LogP contribution is 2.33. The summed E-state index contributed by atoms with van der Waals surface area (Å²) in [6, 6.07) is 7.09. The van der Waals surface area contributed by atoms with Gasteiger partial charge in [-0.3, -0.25) is 0 Å². The Balaban J connectivity index is 2.23. The van der Waals surface area contributed by atoms with Crippen molar-refractivity contribution in [3.05, 3.63) is 34.9 Å². The summed E-state index contributed by atoms with van der Waals surface area (Å²) in [4.78, 5) is 0. The molecule has 0 saturated carbocycles. The molecule has 2 heteroatoms. The Morgan fingerprint density at radius 1 is 1.37 bits per heavy atom. The molecule has 1 N–H and O–H groups in total. The van der Waals surface area contributed by atoms with Gasteiger partial charge in [0.25, 0.3) is 0 Å². The summed E-state index contributed by atoms with van der Waals surface area (Å²) in [5, 5.41) is 3.74. The fraction of sp³-hybridized carbons (Fsp3) is 0.647. The van der Waals surface area contributed by atoms with Crippen molar-refractivity contribution in [1.82, 2.24) is 5.32 Å². The van der Waals surface area contributed by atoms with Crippen LogP contribution in [-0.4, -0.2) is 19.3 Å². The zero-order valence-electron chi connectivity index (χ0n) is 12.7. The van der Waals surface area contributed by atoms with Crippen LogP contribution in [0, 0.1) is 19.8 Å². The van der Waals surface area contributed by atoms with E-state index in [0.29, 0.717) is 18.1 Å². The van der Waals surface area contributed by atoms with Crippen LogP contribution < -0.4 is 5.32 Å². The molecule has 1 aromatic rings. The Hall–Kier alpha value is -0.860. The predicted octanol–water partition coefficient (Wildman–Crippen LogP) is 3.77. The van der Waals surface area contributed by atoms with Gasteiger partial charge in [0.05, 0.1) is 12.7 Å². The zero-order chi connectivity index (χ0) is 13.8. The molecule has 19 heavy (non-hydrogen) atoms. The molecule has 1 aliphatic rings. The van der Waals surface area contributed by atoms with Gasteiger partial charge in [0.1, 0.15) is 0 Å². The van der Waals surface area contributed by atoms with E-state index >= 15 is 0 Å². The van der Waals surface area contributed by atoms with E-state index < -0.39 is 0 Å². The summed E-state index contributed by atoms with van der Waals surface area (Å²) in [5.74, 6) is 0.599. The van der Waals surface area contributed by atoms with Crippen molar-refractivity contribution in [2.24, 2.45) is 5.92 Å². The third-order valence-corrected chi connectivity index (χ3v) is 4.30. The Bertz CT molecular complexity index is 416. The standard InChI is InChI=1S/C17H27NO/c1-5-9-18-17(15-10-13(3)19-11-15)16-8-6-7-12(2)14(16)4/h6-8,13,15,17-18H,5,9-11H2,1-4H3. The molecule has 0 bridgehead atoms. The fourth-order valence-corrected chi connectivity index (χ4v) is 3.02. The molecule has 3 atom stereocenters. The Morgan fingerprint density at radius 3 is 2.79 bits per heavy atom. The summed E-state index contributed by atoms with van der Waals surface area (Å²) in [6.45, 7) is 10.8. The van der Waals surface area contributed by atoms with Gasteiger partial charge in [0.2, 0.25) is 0 Å². The molecule has 0 radical (unpaired) electrons. The van der Waals surface area contributed by atoms with E-state index in [1.54, 1.807) is 0 Å². The van der Waals surface area contributed by atoms with Crippen LogP contribution in [0.5, 0.6) is 0 Å². The number of aryl methyl sites for hydroxylation is 1. The molecule has 0 aliphatic carbocycles. The largest absolute Gasteiger partial charge is 0.378 e. The molecule has 0 spiro atoms. The van der Waals surface area contributed by atoms with Crippen LogP contribution in [0.4, 0.5) is 0 Å². The maximum absolute atomic E-state index is 5.78. The first-order valence-electron chi connectivity index (χ1n) is 7.54. The van der Waals surface area contributed by atoms with Crippen LogP contribution in [0.2, 0.25) is 0 Å². The average Bonchev–Trinajstić information content (AvgIpc) is 2.81. The zero-order valence-corrected chi connectivity index (χ0v) is 12.7. The van der Waals surface area contributed by atoms with Crippen LogP contribution in [0.3, 0.4) is 0 Å². The molecule has 1 saturated heterocycles. The highest BCUT2D eigenvalue weighted by Gasteiger charge is 2.31. The normalized spacial score (nSPS) is 24.6. The minimum absolute atomic E-state index is 0.404. The molecule has 2 nitrogen and oxygen atoms in total. The lowest BCUT2D eigenvalue weighted by molar-refractivity contribution is 0.117. The second kappa shape index (κ2) is 6.53. The van der Waals surface area contributed by atoms with E-state index in [0.717, 1.165) is 19.6 Å². The second-order valence-corrected chi connectivity index (χ2v) is 5.86. The van der Waals surface area contributed by atoms with Crippen LogP contribution in [0.15, 0.2) is 18.2 Å². The van der Waals surface area contributed by atoms with Crippen molar-refractivity contribution in [3.8, 4) is 0 Å². The van der Waals surface area contributed by atoms with Gasteiger partial charge in [0, 0.05) is 12.0 Å². The van der Waals surface area contributed by atoms with E-state index in [4.69, 9.17) is 4.74 Å². The van der Waals surface area contributed by atoms with Gasteiger partial charge in [-0.05, 0) is 56.8 Å². The SMILES string of the molecule is CCCNC(c1cccc(C)c1C)C1COC(C)C1. The Labute approximate surface area is 117 Å². The quantitative estimate of drug-likeness (QED) is 0.871. The summed E-state index contributed by atoms with van der Waals surface area (Å²) in [5.41, 5.74) is 4.26. The van der Waals surface area contributed by atoms with Crippen molar-refractivity contribution in [1.29, 1.82) is 0 Å². The molecule has 106 valence electrons. The van der Waals surface area contributed by atoms with E-state index in [2.05, 4.69) is 51.2 Å². The molecule has 1 aliphatic heterocycles. The van der Waals surface area contributed by atoms with Crippen molar-refractivity contribution in [2.45, 2.75) is 52.7 Å². The molecular formula is C17H27NO. The van der Waals surface area contributed by atoms with Gasteiger partial charge in [-0.25, -0.2) is 0 Å². The van der Waals surface area contributed by atoms with Crippen LogP contribution in [0.1, 0.15) is 49.4 Å². The fourth-order valence-electron chi connectivity index (χ4n) is 3.02. The number of ether oxygens (including phenoxy) is 1. The van der Waals surface area contributed by atoms with E-state index in [9.17, 15) is 0 Å². The van der Waals surface area contributed by atoms with Gasteiger partial charge in [0.15, 0.2) is 0 Å². The number of hydrogen-bond acceptors (Lipinski definition) is 2. The minimum atomic E-state index is 0.404. The highest BCUT2D eigenvalue weighted by molar-refractivity contribution is 5.35. The first-order chi connectivity index (χ1) is 9.13.